The molecule has 3 atom stereocenters. The number of carbonyl (C=O) groups is 3. The summed E-state index contributed by atoms with van der Waals surface area (Å²) in [6.45, 7) is 17.1. The van der Waals surface area contributed by atoms with Crippen molar-refractivity contribution in [3.8, 4) is 0 Å². The highest BCUT2D eigenvalue weighted by atomic mass is 16.6. The number of aryl methyl sites for hydroxylation is 2. The molecule has 3 unspecified atom stereocenters. The van der Waals surface area contributed by atoms with Gasteiger partial charge >= 0.3 is 6.09 Å². The summed E-state index contributed by atoms with van der Waals surface area (Å²) in [4.78, 5) is 42.8. The van der Waals surface area contributed by atoms with E-state index in [0.717, 1.165) is 35.1 Å². The van der Waals surface area contributed by atoms with Crippen molar-refractivity contribution < 1.29 is 19.1 Å². The summed E-state index contributed by atoms with van der Waals surface area (Å²) in [6.07, 6.45) is 1.35. The fraction of sp³-hybridized carbons (Fsp3) is 0.531. The van der Waals surface area contributed by atoms with Crippen LogP contribution in [-0.4, -0.2) is 46.5 Å². The molecule has 2 rings (SSSR count). The molecule has 7 heteroatoms. The van der Waals surface area contributed by atoms with E-state index in [2.05, 4.69) is 17.6 Å². The van der Waals surface area contributed by atoms with Gasteiger partial charge in [0.05, 0.1) is 0 Å². The van der Waals surface area contributed by atoms with E-state index in [1.807, 2.05) is 83.1 Å². The molecule has 214 valence electrons. The van der Waals surface area contributed by atoms with Gasteiger partial charge in [0.1, 0.15) is 17.7 Å². The van der Waals surface area contributed by atoms with Gasteiger partial charge < -0.3 is 20.3 Å². The molecule has 7 nitrogen and oxygen atoms in total. The molecule has 2 aromatic carbocycles. The molecule has 0 saturated heterocycles. The van der Waals surface area contributed by atoms with E-state index in [9.17, 15) is 14.4 Å². The quantitative estimate of drug-likeness (QED) is 0.367. The van der Waals surface area contributed by atoms with Crippen molar-refractivity contribution in [2.75, 3.05) is 0 Å². The average molecular weight is 538 g/mol. The average Bonchev–Trinajstić information content (AvgIpc) is 2.82. The molecule has 0 fully saturated rings. The van der Waals surface area contributed by atoms with Gasteiger partial charge in [-0.2, -0.15) is 0 Å². The van der Waals surface area contributed by atoms with Crippen molar-refractivity contribution in [3.05, 3.63) is 70.8 Å². The largest absolute Gasteiger partial charge is 0.444 e. The number of nitrogens with zero attached hydrogens (tertiary/aromatic N) is 1. The second kappa shape index (κ2) is 14.2. The molecule has 0 aliphatic rings. The topological polar surface area (TPSA) is 87.7 Å². The van der Waals surface area contributed by atoms with E-state index in [1.165, 1.54) is 0 Å². The van der Waals surface area contributed by atoms with Gasteiger partial charge in [-0.25, -0.2) is 4.79 Å². The predicted molar refractivity (Wildman–Crippen MR) is 156 cm³/mol. The lowest BCUT2D eigenvalue weighted by Crippen LogP contribution is -2.56. The fourth-order valence-electron chi connectivity index (χ4n) is 4.66. The molecule has 0 saturated carbocycles. The van der Waals surface area contributed by atoms with E-state index in [4.69, 9.17) is 4.74 Å². The van der Waals surface area contributed by atoms with Gasteiger partial charge in [0.15, 0.2) is 0 Å². The van der Waals surface area contributed by atoms with Gasteiger partial charge in [-0.3, -0.25) is 9.59 Å². The van der Waals surface area contributed by atoms with Crippen molar-refractivity contribution in [1.29, 1.82) is 0 Å². The first-order valence-electron chi connectivity index (χ1n) is 14.0. The number of alkyl carbamates (subject to hydrolysis) is 1. The molecule has 0 spiro atoms. The SMILES string of the molecule is CCCC(C)NC(=O)C(c1cc(C)ccc1C)N(C(=O)C(Cc1ccccc1)NC(=O)OC(C)(C)C)C(C)C. The van der Waals surface area contributed by atoms with E-state index in [1.54, 1.807) is 25.7 Å². The van der Waals surface area contributed by atoms with Crippen molar-refractivity contribution in [1.82, 2.24) is 15.5 Å². The molecule has 2 N–H and O–H groups in total. The predicted octanol–water partition coefficient (Wildman–Crippen LogP) is 6.02. The minimum Gasteiger partial charge on any atom is -0.444 e. The first-order chi connectivity index (χ1) is 18.2. The lowest BCUT2D eigenvalue weighted by molar-refractivity contribution is -0.144. The zero-order valence-corrected chi connectivity index (χ0v) is 25.1. The third-order valence-corrected chi connectivity index (χ3v) is 6.45. The molecule has 3 amide bonds. The summed E-state index contributed by atoms with van der Waals surface area (Å²) in [7, 11) is 0. The highest BCUT2D eigenvalue weighted by Crippen LogP contribution is 2.29. The first kappa shape index (κ1) is 31.9. The number of benzene rings is 2. The number of amides is 3. The maximum absolute atomic E-state index is 14.4. The van der Waals surface area contributed by atoms with Crippen molar-refractivity contribution in [2.45, 2.75) is 111 Å². The fourth-order valence-corrected chi connectivity index (χ4v) is 4.66. The monoisotopic (exact) mass is 537 g/mol. The number of ether oxygens (including phenoxy) is 1. The minimum absolute atomic E-state index is 0.0424. The highest BCUT2D eigenvalue weighted by Gasteiger charge is 2.38. The molecule has 0 heterocycles. The van der Waals surface area contributed by atoms with Crippen molar-refractivity contribution >= 4 is 17.9 Å². The Balaban J connectivity index is 2.58. The van der Waals surface area contributed by atoms with Crippen LogP contribution in [-0.2, 0) is 20.7 Å². The van der Waals surface area contributed by atoms with Gasteiger partial charge in [-0.15, -0.1) is 0 Å². The van der Waals surface area contributed by atoms with Crippen molar-refractivity contribution in [2.24, 2.45) is 0 Å². The van der Waals surface area contributed by atoms with Crippen LogP contribution >= 0.6 is 0 Å². The van der Waals surface area contributed by atoms with Crippen LogP contribution < -0.4 is 10.6 Å². The highest BCUT2D eigenvalue weighted by molar-refractivity contribution is 5.92. The van der Waals surface area contributed by atoms with Gasteiger partial charge in [-0.1, -0.05) is 67.4 Å². The van der Waals surface area contributed by atoms with Crippen LogP contribution in [0.5, 0.6) is 0 Å². The molecular formula is C32H47N3O4. The lowest BCUT2D eigenvalue weighted by Gasteiger charge is -2.38. The molecule has 39 heavy (non-hydrogen) atoms. The first-order valence-corrected chi connectivity index (χ1v) is 14.0. The summed E-state index contributed by atoms with van der Waals surface area (Å²) in [5.41, 5.74) is 2.86. The second-order valence-electron chi connectivity index (χ2n) is 11.7. The van der Waals surface area contributed by atoms with Crippen LogP contribution in [0.4, 0.5) is 4.79 Å². The van der Waals surface area contributed by atoms with Crippen LogP contribution in [0.25, 0.3) is 0 Å². The zero-order valence-electron chi connectivity index (χ0n) is 25.1. The van der Waals surface area contributed by atoms with Crippen LogP contribution in [0.1, 0.15) is 89.6 Å². The Morgan fingerprint density at radius 2 is 1.59 bits per heavy atom. The zero-order chi connectivity index (χ0) is 29.3. The van der Waals surface area contributed by atoms with Crippen LogP contribution in [0.15, 0.2) is 48.5 Å². The van der Waals surface area contributed by atoms with Crippen molar-refractivity contribution in [3.63, 3.8) is 0 Å². The lowest BCUT2D eigenvalue weighted by atomic mass is 9.94. The minimum atomic E-state index is -0.932. The number of hydrogen-bond acceptors (Lipinski definition) is 4. The summed E-state index contributed by atoms with van der Waals surface area (Å²) in [5.74, 6) is -0.577. The number of rotatable bonds is 11. The van der Waals surface area contributed by atoms with Gasteiger partial charge in [0, 0.05) is 18.5 Å². The summed E-state index contributed by atoms with van der Waals surface area (Å²) < 4.78 is 5.50. The Morgan fingerprint density at radius 1 is 0.949 bits per heavy atom. The summed E-state index contributed by atoms with van der Waals surface area (Å²) in [6, 6.07) is 13.3. The molecular weight excluding hydrogens is 490 g/mol. The molecule has 0 aromatic heterocycles. The Kier molecular flexibility index (Phi) is 11.6. The van der Waals surface area contributed by atoms with E-state index in [-0.39, 0.29) is 30.3 Å². The normalized spacial score (nSPS) is 13.8. The molecule has 0 radical (unpaired) electrons. The van der Waals surface area contributed by atoms with Gasteiger partial charge in [0.2, 0.25) is 11.8 Å². The third-order valence-electron chi connectivity index (χ3n) is 6.45. The smallest absolute Gasteiger partial charge is 0.408 e. The van der Waals surface area contributed by atoms with E-state index < -0.39 is 23.8 Å². The van der Waals surface area contributed by atoms with E-state index in [0.29, 0.717) is 0 Å². The number of carbonyl (C=O) groups excluding carboxylic acids is 3. The Hall–Kier alpha value is -3.35. The molecule has 2 aromatic rings. The maximum Gasteiger partial charge on any atom is 0.408 e. The molecule has 0 bridgehead atoms. The van der Waals surface area contributed by atoms with Crippen LogP contribution in [0.2, 0.25) is 0 Å². The van der Waals surface area contributed by atoms with Crippen LogP contribution in [0.3, 0.4) is 0 Å². The molecule has 0 aliphatic carbocycles. The van der Waals surface area contributed by atoms with Crippen LogP contribution in [0, 0.1) is 13.8 Å². The Morgan fingerprint density at radius 3 is 2.15 bits per heavy atom. The number of nitrogens with one attached hydrogen (secondary N) is 2. The summed E-state index contributed by atoms with van der Waals surface area (Å²) >= 11 is 0. The standard InChI is InChI=1S/C32H47N3O4/c1-10-14-24(6)33-29(36)28(26-19-22(4)17-18-23(26)5)35(21(2)3)30(37)27(20-25-15-12-11-13-16-25)34-31(38)39-32(7,8)9/h11-13,15-19,21,24,27-28H,10,14,20H2,1-9H3,(H,33,36)(H,34,38). The Labute approximate surface area is 234 Å². The Bertz CT molecular complexity index is 1110. The second-order valence-corrected chi connectivity index (χ2v) is 11.7. The maximum atomic E-state index is 14.4. The molecule has 0 aliphatic heterocycles. The summed E-state index contributed by atoms with van der Waals surface area (Å²) in [5, 5.41) is 5.94. The third kappa shape index (κ3) is 9.72. The van der Waals surface area contributed by atoms with Gasteiger partial charge in [0.25, 0.3) is 0 Å². The van der Waals surface area contributed by atoms with E-state index >= 15 is 0 Å². The van der Waals surface area contributed by atoms with Gasteiger partial charge in [-0.05, 0) is 78.5 Å². The number of hydrogen-bond donors (Lipinski definition) is 2.